The van der Waals surface area contributed by atoms with Crippen LogP contribution in [0.2, 0.25) is 0 Å². The highest BCUT2D eigenvalue weighted by atomic mass is 16.6. The number of ether oxygens (including phenoxy) is 1. The van der Waals surface area contributed by atoms with Gasteiger partial charge in [0.2, 0.25) is 0 Å². The van der Waals surface area contributed by atoms with E-state index in [1.807, 2.05) is 11.8 Å². The van der Waals surface area contributed by atoms with Gasteiger partial charge in [0.15, 0.2) is 0 Å². The Balaban J connectivity index is 1.08. The zero-order valence-electron chi connectivity index (χ0n) is 19.3. The molecule has 4 saturated heterocycles. The van der Waals surface area contributed by atoms with Crippen molar-refractivity contribution in [1.29, 1.82) is 0 Å². The van der Waals surface area contributed by atoms with E-state index in [0.717, 1.165) is 39.1 Å². The zero-order valence-corrected chi connectivity index (χ0v) is 19.3. The highest BCUT2D eigenvalue weighted by Gasteiger charge is 2.51. The molecule has 7 heteroatoms. The molecule has 5 aliphatic rings. The van der Waals surface area contributed by atoms with E-state index in [1.54, 1.807) is 0 Å². The molecule has 5 fully saturated rings. The van der Waals surface area contributed by atoms with Gasteiger partial charge in [0.25, 0.3) is 0 Å². The van der Waals surface area contributed by atoms with Crippen molar-refractivity contribution in [2.75, 3.05) is 52.4 Å². The number of likely N-dealkylation sites (tertiary alicyclic amines) is 4. The fraction of sp³-hybridized carbons (Fsp3) is 0.917. The van der Waals surface area contributed by atoms with Gasteiger partial charge in [0, 0.05) is 44.8 Å². The summed E-state index contributed by atoms with van der Waals surface area (Å²) < 4.78 is 5.19. The second kappa shape index (κ2) is 8.80. The smallest absolute Gasteiger partial charge is 0.409 e. The van der Waals surface area contributed by atoms with Gasteiger partial charge in [0.05, 0.1) is 6.61 Å². The van der Waals surface area contributed by atoms with Gasteiger partial charge in [-0.05, 0) is 89.1 Å². The van der Waals surface area contributed by atoms with Gasteiger partial charge in [-0.15, -0.1) is 0 Å². The number of hydrogen-bond donors (Lipinski definition) is 0. The summed E-state index contributed by atoms with van der Waals surface area (Å²) in [4.78, 5) is 34.0. The Kier molecular flexibility index (Phi) is 6.06. The third-order valence-electron chi connectivity index (χ3n) is 8.86. The summed E-state index contributed by atoms with van der Waals surface area (Å²) in [5, 5.41) is 0. The largest absolute Gasteiger partial charge is 0.450 e. The lowest BCUT2D eigenvalue weighted by Crippen LogP contribution is -2.55. The summed E-state index contributed by atoms with van der Waals surface area (Å²) in [6.45, 7) is 9.30. The fourth-order valence-electron chi connectivity index (χ4n) is 7.12. The SMILES string of the molecule is CCOC(=O)N1CCC2(CC(N3CCC([C@@H]4CCCN4C(=O)N4CCCC4)CC3)C2)C1. The number of carbonyl (C=O) groups is 2. The summed E-state index contributed by atoms with van der Waals surface area (Å²) in [5.41, 5.74) is 0.346. The first-order valence-corrected chi connectivity index (χ1v) is 12.8. The predicted octanol–water partition coefficient (Wildman–Crippen LogP) is 3.39. The number of urea groups is 1. The van der Waals surface area contributed by atoms with Crippen molar-refractivity contribution in [3.63, 3.8) is 0 Å². The summed E-state index contributed by atoms with van der Waals surface area (Å²) in [7, 11) is 0. The fourth-order valence-corrected chi connectivity index (χ4v) is 7.12. The number of hydrogen-bond acceptors (Lipinski definition) is 4. The molecule has 0 unspecified atom stereocenters. The molecule has 4 aliphatic heterocycles. The Morgan fingerprint density at radius 2 is 1.65 bits per heavy atom. The predicted molar refractivity (Wildman–Crippen MR) is 119 cm³/mol. The van der Waals surface area contributed by atoms with Crippen LogP contribution in [-0.2, 0) is 4.74 Å². The van der Waals surface area contributed by atoms with Gasteiger partial charge in [-0.3, -0.25) is 0 Å². The van der Waals surface area contributed by atoms with Gasteiger partial charge in [-0.25, -0.2) is 9.59 Å². The average Bonchev–Trinajstić information content (AvgIpc) is 3.53. The lowest BCUT2D eigenvalue weighted by Gasteiger charge is -2.52. The minimum Gasteiger partial charge on any atom is -0.450 e. The van der Waals surface area contributed by atoms with Gasteiger partial charge in [0.1, 0.15) is 0 Å². The van der Waals surface area contributed by atoms with Crippen LogP contribution >= 0.6 is 0 Å². The van der Waals surface area contributed by atoms with Gasteiger partial charge >= 0.3 is 12.1 Å². The van der Waals surface area contributed by atoms with E-state index in [9.17, 15) is 9.59 Å². The van der Waals surface area contributed by atoms with Crippen LogP contribution in [0.25, 0.3) is 0 Å². The Bertz CT molecular complexity index is 666. The molecule has 1 aliphatic carbocycles. The van der Waals surface area contributed by atoms with E-state index in [-0.39, 0.29) is 6.09 Å². The lowest BCUT2D eigenvalue weighted by atomic mass is 9.64. The Morgan fingerprint density at radius 3 is 2.35 bits per heavy atom. The van der Waals surface area contributed by atoms with Crippen LogP contribution in [0.1, 0.15) is 64.7 Å². The molecule has 0 aromatic carbocycles. The van der Waals surface area contributed by atoms with E-state index in [1.165, 1.54) is 64.5 Å². The molecular formula is C24H40N4O3. The van der Waals surface area contributed by atoms with Crippen LogP contribution in [0, 0.1) is 11.3 Å². The van der Waals surface area contributed by atoms with Crippen molar-refractivity contribution < 1.29 is 14.3 Å². The molecule has 0 bridgehead atoms. The Hall–Kier alpha value is -1.50. The van der Waals surface area contributed by atoms with Crippen LogP contribution in [0.5, 0.6) is 0 Å². The van der Waals surface area contributed by atoms with Gasteiger partial charge in [-0.1, -0.05) is 0 Å². The lowest BCUT2D eigenvalue weighted by molar-refractivity contribution is -0.0148. The third kappa shape index (κ3) is 4.14. The van der Waals surface area contributed by atoms with Crippen LogP contribution in [0.3, 0.4) is 0 Å². The monoisotopic (exact) mass is 432 g/mol. The normalized spacial score (nSPS) is 34.5. The van der Waals surface area contributed by atoms with Crippen LogP contribution in [-0.4, -0.2) is 96.2 Å². The molecule has 1 atom stereocenters. The topological polar surface area (TPSA) is 56.3 Å². The molecule has 31 heavy (non-hydrogen) atoms. The number of rotatable bonds is 3. The molecule has 174 valence electrons. The standard InChI is InChI=1S/C24H40N4O3/c1-2-31-23(30)27-15-9-24(18-27)16-20(17-24)25-13-7-19(8-14-25)21-6-5-12-28(21)22(29)26-10-3-4-11-26/h19-21H,2-18H2,1H3/t20?,21-,24?/m0/s1. The highest BCUT2D eigenvalue weighted by Crippen LogP contribution is 2.51. The first-order chi connectivity index (χ1) is 15.1. The molecule has 1 spiro atoms. The molecule has 1 saturated carbocycles. The molecular weight excluding hydrogens is 392 g/mol. The number of amides is 3. The Morgan fingerprint density at radius 1 is 0.903 bits per heavy atom. The van der Waals surface area contributed by atoms with Gasteiger partial charge in [-0.2, -0.15) is 0 Å². The van der Waals surface area contributed by atoms with Gasteiger partial charge < -0.3 is 24.3 Å². The van der Waals surface area contributed by atoms with Crippen LogP contribution in [0.15, 0.2) is 0 Å². The van der Waals surface area contributed by atoms with Crippen LogP contribution < -0.4 is 0 Å². The number of piperidine rings is 1. The molecule has 3 amide bonds. The number of nitrogens with zero attached hydrogens (tertiary/aromatic N) is 4. The summed E-state index contributed by atoms with van der Waals surface area (Å²) in [6.07, 6.45) is 10.6. The minimum atomic E-state index is -0.131. The van der Waals surface area contributed by atoms with Crippen molar-refractivity contribution in [2.45, 2.75) is 76.8 Å². The quantitative estimate of drug-likeness (QED) is 0.686. The Labute approximate surface area is 187 Å². The first kappa shape index (κ1) is 21.4. The average molecular weight is 433 g/mol. The molecule has 0 aromatic heterocycles. The maximum Gasteiger partial charge on any atom is 0.409 e. The second-order valence-electron chi connectivity index (χ2n) is 10.7. The van der Waals surface area contributed by atoms with E-state index in [0.29, 0.717) is 36.1 Å². The molecule has 0 radical (unpaired) electrons. The summed E-state index contributed by atoms with van der Waals surface area (Å²) >= 11 is 0. The minimum absolute atomic E-state index is 0.131. The highest BCUT2D eigenvalue weighted by molar-refractivity contribution is 5.75. The molecule has 0 aromatic rings. The van der Waals surface area contributed by atoms with E-state index in [2.05, 4.69) is 14.7 Å². The van der Waals surface area contributed by atoms with Crippen molar-refractivity contribution in [3.05, 3.63) is 0 Å². The maximum atomic E-state index is 13.0. The third-order valence-corrected chi connectivity index (χ3v) is 8.86. The summed E-state index contributed by atoms with van der Waals surface area (Å²) in [5.74, 6) is 0.671. The molecule has 0 N–H and O–H groups in total. The number of carbonyl (C=O) groups excluding carboxylic acids is 2. The van der Waals surface area contributed by atoms with E-state index >= 15 is 0 Å². The van der Waals surface area contributed by atoms with Crippen molar-refractivity contribution in [2.24, 2.45) is 11.3 Å². The zero-order chi connectivity index (χ0) is 21.4. The van der Waals surface area contributed by atoms with E-state index in [4.69, 9.17) is 4.74 Å². The summed E-state index contributed by atoms with van der Waals surface area (Å²) in [6, 6.07) is 1.47. The first-order valence-electron chi connectivity index (χ1n) is 12.8. The van der Waals surface area contributed by atoms with Crippen molar-refractivity contribution >= 4 is 12.1 Å². The molecule has 5 rings (SSSR count). The maximum absolute atomic E-state index is 13.0. The molecule has 4 heterocycles. The van der Waals surface area contributed by atoms with Crippen molar-refractivity contribution in [3.8, 4) is 0 Å². The van der Waals surface area contributed by atoms with E-state index < -0.39 is 0 Å². The molecule has 7 nitrogen and oxygen atoms in total. The van der Waals surface area contributed by atoms with Crippen molar-refractivity contribution in [1.82, 2.24) is 19.6 Å². The second-order valence-corrected chi connectivity index (χ2v) is 10.7. The van der Waals surface area contributed by atoms with Crippen LogP contribution in [0.4, 0.5) is 9.59 Å².